The van der Waals surface area contributed by atoms with Crippen molar-refractivity contribution in [2.24, 2.45) is 0 Å². The van der Waals surface area contributed by atoms with Crippen molar-refractivity contribution in [2.45, 2.75) is 26.7 Å². The van der Waals surface area contributed by atoms with Crippen molar-refractivity contribution in [1.29, 1.82) is 0 Å². The lowest BCUT2D eigenvalue weighted by Crippen LogP contribution is -2.24. The molecular formula is C21H20FNO3S. The molecule has 1 N–H and O–H groups in total. The third-order valence-electron chi connectivity index (χ3n) is 4.40. The Morgan fingerprint density at radius 2 is 2.07 bits per heavy atom. The minimum atomic E-state index is -0.484. The lowest BCUT2D eigenvalue weighted by atomic mass is 10.0. The van der Waals surface area contributed by atoms with E-state index in [9.17, 15) is 14.0 Å². The van der Waals surface area contributed by atoms with Crippen LogP contribution in [0.15, 0.2) is 35.2 Å². The summed E-state index contributed by atoms with van der Waals surface area (Å²) in [5.74, 6) is -0.769. The van der Waals surface area contributed by atoms with Gasteiger partial charge in [0, 0.05) is 4.88 Å². The third-order valence-corrected chi connectivity index (χ3v) is 5.40. The van der Waals surface area contributed by atoms with Gasteiger partial charge >= 0.3 is 0 Å². The van der Waals surface area contributed by atoms with E-state index in [2.05, 4.69) is 29.9 Å². The highest BCUT2D eigenvalue weighted by atomic mass is 32.1. The minimum absolute atomic E-state index is 0.233. The van der Waals surface area contributed by atoms with Crippen LogP contribution >= 0.6 is 11.3 Å². The molecule has 1 amide bonds. The molecule has 0 bridgehead atoms. The normalized spacial score (nSPS) is 14.6. The van der Waals surface area contributed by atoms with E-state index in [-0.39, 0.29) is 18.8 Å². The SMILES string of the molecule is CC1=C(CCONC(=O)CC=O)c2cc(F)ccc2C1=Cc1cc(C)cs1. The van der Waals surface area contributed by atoms with Crippen molar-refractivity contribution in [3.63, 3.8) is 0 Å². The van der Waals surface area contributed by atoms with Crippen molar-refractivity contribution < 1.29 is 18.8 Å². The van der Waals surface area contributed by atoms with E-state index >= 15 is 0 Å². The molecule has 0 spiro atoms. The smallest absolute Gasteiger partial charge is 0.250 e. The fourth-order valence-electron chi connectivity index (χ4n) is 3.15. The van der Waals surface area contributed by atoms with Crippen LogP contribution in [0, 0.1) is 12.7 Å². The molecule has 3 rings (SSSR count). The average molecular weight is 385 g/mol. The molecule has 27 heavy (non-hydrogen) atoms. The molecule has 0 fully saturated rings. The number of fused-ring (bicyclic) bond motifs is 1. The fraction of sp³-hybridized carbons (Fsp3) is 0.238. The van der Waals surface area contributed by atoms with Crippen LogP contribution in [0.4, 0.5) is 4.39 Å². The van der Waals surface area contributed by atoms with Crippen LogP contribution in [0.3, 0.4) is 0 Å². The summed E-state index contributed by atoms with van der Waals surface area (Å²) in [5, 5.41) is 2.10. The molecule has 1 aromatic carbocycles. The van der Waals surface area contributed by atoms with Gasteiger partial charge in [0.2, 0.25) is 0 Å². The molecule has 1 aliphatic carbocycles. The third kappa shape index (κ3) is 4.40. The summed E-state index contributed by atoms with van der Waals surface area (Å²) < 4.78 is 13.8. The van der Waals surface area contributed by atoms with Crippen molar-refractivity contribution in [3.05, 3.63) is 62.6 Å². The van der Waals surface area contributed by atoms with Gasteiger partial charge in [0.1, 0.15) is 12.1 Å². The standard InChI is InChI=1S/C21H20FNO3S/c1-13-9-16(27-12-13)11-19-14(2)17(6-8-26-23-21(25)5-7-24)20-10-15(22)3-4-18(19)20/h3-4,7,9-12H,5-6,8H2,1-2H3,(H,23,25). The number of nitrogens with one attached hydrogen (secondary N) is 1. The molecule has 4 nitrogen and oxygen atoms in total. The van der Waals surface area contributed by atoms with Gasteiger partial charge in [0.05, 0.1) is 13.0 Å². The van der Waals surface area contributed by atoms with E-state index in [1.807, 2.05) is 6.92 Å². The molecule has 0 radical (unpaired) electrons. The molecule has 140 valence electrons. The van der Waals surface area contributed by atoms with Gasteiger partial charge < -0.3 is 4.79 Å². The van der Waals surface area contributed by atoms with Crippen LogP contribution in [-0.2, 0) is 14.4 Å². The number of amides is 1. The summed E-state index contributed by atoms with van der Waals surface area (Å²) in [6.45, 7) is 4.31. The second-order valence-corrected chi connectivity index (χ2v) is 7.32. The first-order valence-corrected chi connectivity index (χ1v) is 9.49. The lowest BCUT2D eigenvalue weighted by molar-refractivity contribution is -0.134. The molecule has 2 aromatic rings. The lowest BCUT2D eigenvalue weighted by Gasteiger charge is -2.08. The Kier molecular flexibility index (Phi) is 5.98. The highest BCUT2D eigenvalue weighted by Gasteiger charge is 2.24. The van der Waals surface area contributed by atoms with Crippen LogP contribution in [0.2, 0.25) is 0 Å². The van der Waals surface area contributed by atoms with E-state index < -0.39 is 5.91 Å². The summed E-state index contributed by atoms with van der Waals surface area (Å²) in [5.41, 5.74) is 8.44. The average Bonchev–Trinajstić information content (AvgIpc) is 3.14. The zero-order valence-corrected chi connectivity index (χ0v) is 16.0. The highest BCUT2D eigenvalue weighted by Crippen LogP contribution is 2.44. The maximum absolute atomic E-state index is 13.8. The van der Waals surface area contributed by atoms with E-state index in [1.165, 1.54) is 11.6 Å². The van der Waals surface area contributed by atoms with Crippen LogP contribution in [0.25, 0.3) is 17.2 Å². The molecular weight excluding hydrogens is 365 g/mol. The summed E-state index contributed by atoms with van der Waals surface area (Å²) in [6.07, 6.45) is 2.93. The number of carbonyl (C=O) groups excluding carboxylic acids is 2. The first kappa shape index (κ1) is 19.2. The van der Waals surface area contributed by atoms with E-state index in [0.717, 1.165) is 32.7 Å². The van der Waals surface area contributed by atoms with Gasteiger partial charge in [0.25, 0.3) is 5.91 Å². The molecule has 1 aliphatic rings. The number of aldehydes is 1. The summed E-state index contributed by atoms with van der Waals surface area (Å²) in [6, 6.07) is 6.94. The van der Waals surface area contributed by atoms with Gasteiger partial charge in [-0.3, -0.25) is 9.63 Å². The minimum Gasteiger partial charge on any atom is -0.303 e. The zero-order valence-electron chi connectivity index (χ0n) is 15.2. The molecule has 0 atom stereocenters. The first-order chi connectivity index (χ1) is 13.0. The molecule has 1 aromatic heterocycles. The Labute approximate surface area is 161 Å². The molecule has 6 heteroatoms. The van der Waals surface area contributed by atoms with E-state index in [0.29, 0.717) is 12.7 Å². The van der Waals surface area contributed by atoms with Crippen LogP contribution < -0.4 is 5.48 Å². The van der Waals surface area contributed by atoms with Gasteiger partial charge in [-0.2, -0.15) is 0 Å². The number of hydrogen-bond donors (Lipinski definition) is 1. The number of carbonyl (C=O) groups is 2. The number of rotatable bonds is 7. The largest absolute Gasteiger partial charge is 0.303 e. The topological polar surface area (TPSA) is 55.4 Å². The number of hydrogen-bond acceptors (Lipinski definition) is 4. The van der Waals surface area contributed by atoms with Crippen molar-refractivity contribution in [3.8, 4) is 0 Å². The van der Waals surface area contributed by atoms with E-state index in [4.69, 9.17) is 4.84 Å². The summed E-state index contributed by atoms with van der Waals surface area (Å²) >= 11 is 1.67. The number of benzene rings is 1. The Hall–Kier alpha value is -2.57. The Morgan fingerprint density at radius 1 is 1.26 bits per heavy atom. The highest BCUT2D eigenvalue weighted by molar-refractivity contribution is 7.11. The predicted octanol–water partition coefficient (Wildman–Crippen LogP) is 4.55. The van der Waals surface area contributed by atoms with Gasteiger partial charge in [-0.25, -0.2) is 9.87 Å². The van der Waals surface area contributed by atoms with Crippen LogP contribution in [0.5, 0.6) is 0 Å². The molecule has 0 saturated heterocycles. The van der Waals surface area contributed by atoms with Gasteiger partial charge in [-0.05, 0) is 83.3 Å². The molecule has 1 heterocycles. The Balaban J connectivity index is 1.83. The van der Waals surface area contributed by atoms with Gasteiger partial charge in [0.15, 0.2) is 0 Å². The Morgan fingerprint density at radius 3 is 2.78 bits per heavy atom. The number of halogens is 1. The molecule has 0 aliphatic heterocycles. The summed E-state index contributed by atoms with van der Waals surface area (Å²) in [4.78, 5) is 27.9. The van der Waals surface area contributed by atoms with Crippen LogP contribution in [0.1, 0.15) is 41.3 Å². The summed E-state index contributed by atoms with van der Waals surface area (Å²) in [7, 11) is 0. The van der Waals surface area contributed by atoms with Crippen LogP contribution in [-0.4, -0.2) is 18.8 Å². The van der Waals surface area contributed by atoms with Gasteiger partial charge in [-0.1, -0.05) is 6.07 Å². The second-order valence-electron chi connectivity index (χ2n) is 6.37. The Bertz CT molecular complexity index is 943. The quantitative estimate of drug-likeness (QED) is 0.329. The maximum atomic E-state index is 13.8. The monoisotopic (exact) mass is 385 g/mol. The maximum Gasteiger partial charge on any atom is 0.250 e. The second kappa shape index (κ2) is 8.41. The van der Waals surface area contributed by atoms with Gasteiger partial charge in [-0.15, -0.1) is 11.3 Å². The van der Waals surface area contributed by atoms with Crippen molar-refractivity contribution >= 4 is 40.8 Å². The first-order valence-electron chi connectivity index (χ1n) is 8.61. The number of thiophene rings is 1. The van der Waals surface area contributed by atoms with Crippen molar-refractivity contribution in [1.82, 2.24) is 5.48 Å². The number of allylic oxidation sites excluding steroid dienone is 2. The number of hydroxylamine groups is 1. The van der Waals surface area contributed by atoms with E-state index in [1.54, 1.807) is 23.5 Å². The zero-order chi connectivity index (χ0) is 19.4. The number of aryl methyl sites for hydroxylation is 1. The molecule has 0 saturated carbocycles. The molecule has 0 unspecified atom stereocenters. The fourth-order valence-corrected chi connectivity index (χ4v) is 3.98. The van der Waals surface area contributed by atoms with Crippen molar-refractivity contribution in [2.75, 3.05) is 6.61 Å². The predicted molar refractivity (Wildman–Crippen MR) is 105 cm³/mol.